The molecule has 0 aromatic heterocycles. The summed E-state index contributed by atoms with van der Waals surface area (Å²) in [5.41, 5.74) is -0.514. The lowest BCUT2D eigenvalue weighted by Crippen LogP contribution is -2.54. The summed E-state index contributed by atoms with van der Waals surface area (Å²) in [6.45, 7) is 15.2. The number of hydrogen-bond donors (Lipinski definition) is 2. The van der Waals surface area contributed by atoms with E-state index in [4.69, 9.17) is 9.16 Å². The van der Waals surface area contributed by atoms with Gasteiger partial charge in [-0.2, -0.15) is 13.2 Å². The molecular weight excluding hydrogens is 570 g/mol. The summed E-state index contributed by atoms with van der Waals surface area (Å²) in [4.78, 5) is 25.4. The Morgan fingerprint density at radius 2 is 1.38 bits per heavy atom. The number of ether oxygens (including phenoxy) is 1. The van der Waals surface area contributed by atoms with Crippen molar-refractivity contribution >= 4 is 20.4 Å². The molecule has 0 radical (unpaired) electrons. The van der Waals surface area contributed by atoms with Crippen molar-refractivity contribution in [3.63, 3.8) is 0 Å². The number of nitrogens with one attached hydrogen (secondary N) is 1. The summed E-state index contributed by atoms with van der Waals surface area (Å²) < 4.78 is 65.3. The van der Waals surface area contributed by atoms with E-state index < -0.39 is 61.6 Å². The number of carboxylic acid groups (broad SMARTS) is 1. The number of halogens is 4. The van der Waals surface area contributed by atoms with Gasteiger partial charge in [0.1, 0.15) is 11.4 Å². The Kier molecular flexibility index (Phi) is 11.4. The van der Waals surface area contributed by atoms with Crippen LogP contribution < -0.4 is 5.32 Å². The average Bonchev–Trinajstić information content (AvgIpc) is 2.81. The van der Waals surface area contributed by atoms with Gasteiger partial charge in [-0.05, 0) is 93.6 Å². The van der Waals surface area contributed by atoms with E-state index in [1.807, 2.05) is 33.9 Å². The molecule has 234 valence electrons. The van der Waals surface area contributed by atoms with Gasteiger partial charge in [0.05, 0.1) is 23.6 Å². The Morgan fingerprint density at radius 3 is 1.83 bits per heavy atom. The van der Waals surface area contributed by atoms with Gasteiger partial charge in [-0.1, -0.05) is 45.0 Å². The van der Waals surface area contributed by atoms with Crippen molar-refractivity contribution in [3.05, 3.63) is 71.0 Å². The van der Waals surface area contributed by atoms with Crippen LogP contribution in [0.3, 0.4) is 0 Å². The normalized spacial score (nSPS) is 15.0. The minimum Gasteiger partial charge on any atom is -0.481 e. The third-order valence-corrected chi connectivity index (χ3v) is 11.9. The highest BCUT2D eigenvalue weighted by Gasteiger charge is 2.42. The predicted octanol–water partition coefficient (Wildman–Crippen LogP) is 8.00. The summed E-state index contributed by atoms with van der Waals surface area (Å²) in [6.07, 6.45) is -5.95. The fourth-order valence-corrected chi connectivity index (χ4v) is 5.50. The molecule has 2 N–H and O–H groups in total. The smallest absolute Gasteiger partial charge is 0.416 e. The van der Waals surface area contributed by atoms with Crippen LogP contribution in [0.5, 0.6) is 0 Å². The molecule has 0 spiro atoms. The zero-order valence-electron chi connectivity index (χ0n) is 25.6. The maximum Gasteiger partial charge on any atom is 0.416 e. The van der Waals surface area contributed by atoms with Crippen molar-refractivity contribution < 1.29 is 41.4 Å². The topological polar surface area (TPSA) is 84.9 Å². The van der Waals surface area contributed by atoms with E-state index in [1.165, 1.54) is 36.4 Å². The molecule has 42 heavy (non-hydrogen) atoms. The molecule has 2 rings (SSSR count). The van der Waals surface area contributed by atoms with Crippen LogP contribution in [0, 0.1) is 11.7 Å². The van der Waals surface area contributed by atoms with Crippen LogP contribution in [0.25, 0.3) is 0 Å². The summed E-state index contributed by atoms with van der Waals surface area (Å²) >= 11 is 0. The summed E-state index contributed by atoms with van der Waals surface area (Å²) in [5, 5.41) is 12.7. The largest absolute Gasteiger partial charge is 0.481 e. The first-order chi connectivity index (χ1) is 19.1. The molecule has 0 heterocycles. The fourth-order valence-electron chi connectivity index (χ4n) is 4.12. The van der Waals surface area contributed by atoms with Crippen LogP contribution in [-0.4, -0.2) is 43.2 Å². The van der Waals surface area contributed by atoms with E-state index >= 15 is 0 Å². The van der Waals surface area contributed by atoms with E-state index in [-0.39, 0.29) is 24.3 Å². The zero-order valence-corrected chi connectivity index (χ0v) is 26.6. The molecule has 2 aromatic rings. The molecule has 2 aromatic carbocycles. The number of carbonyl (C=O) groups is 2. The average molecular weight is 614 g/mol. The van der Waals surface area contributed by atoms with Crippen LogP contribution in [0.2, 0.25) is 18.1 Å². The number of hydrogen-bond acceptors (Lipinski definition) is 4. The van der Waals surface area contributed by atoms with Gasteiger partial charge in [0.25, 0.3) is 0 Å². The second kappa shape index (κ2) is 13.6. The van der Waals surface area contributed by atoms with E-state index in [9.17, 15) is 32.3 Å². The lowest BCUT2D eigenvalue weighted by molar-refractivity contribution is -0.143. The van der Waals surface area contributed by atoms with Gasteiger partial charge in [-0.3, -0.25) is 4.79 Å². The molecule has 3 atom stereocenters. The number of amides is 1. The molecule has 0 aliphatic heterocycles. The summed E-state index contributed by atoms with van der Waals surface area (Å²) in [6, 6.07) is 9.34. The molecule has 0 aliphatic carbocycles. The Bertz CT molecular complexity index is 1190. The number of aliphatic carboxylic acids is 1. The van der Waals surface area contributed by atoms with Gasteiger partial charge in [-0.25, -0.2) is 9.18 Å². The van der Waals surface area contributed by atoms with Crippen molar-refractivity contribution in [3.8, 4) is 0 Å². The zero-order chi connectivity index (χ0) is 32.1. The first-order valence-corrected chi connectivity index (χ1v) is 16.8. The number of rotatable bonds is 11. The molecule has 0 saturated heterocycles. The first-order valence-electron chi connectivity index (χ1n) is 13.9. The van der Waals surface area contributed by atoms with Gasteiger partial charge < -0.3 is 19.6 Å². The van der Waals surface area contributed by atoms with Gasteiger partial charge in [0, 0.05) is 0 Å². The molecule has 6 nitrogen and oxygen atoms in total. The first kappa shape index (κ1) is 35.3. The lowest BCUT2D eigenvalue weighted by Gasteiger charge is -2.42. The van der Waals surface area contributed by atoms with Crippen molar-refractivity contribution in [1.82, 2.24) is 5.32 Å². The van der Waals surface area contributed by atoms with E-state index in [0.717, 1.165) is 12.1 Å². The van der Waals surface area contributed by atoms with Crippen LogP contribution >= 0.6 is 0 Å². The van der Waals surface area contributed by atoms with Crippen molar-refractivity contribution in [2.45, 2.75) is 103 Å². The van der Waals surface area contributed by atoms with E-state index in [0.29, 0.717) is 11.1 Å². The number of benzene rings is 2. The third-order valence-electron chi connectivity index (χ3n) is 7.40. The highest BCUT2D eigenvalue weighted by atomic mass is 28.4. The van der Waals surface area contributed by atoms with Gasteiger partial charge >= 0.3 is 18.2 Å². The van der Waals surface area contributed by atoms with Crippen LogP contribution in [0.4, 0.5) is 22.4 Å². The van der Waals surface area contributed by atoms with Crippen molar-refractivity contribution in [2.75, 3.05) is 0 Å². The molecule has 1 amide bonds. The Labute approximate surface area is 246 Å². The lowest BCUT2D eigenvalue weighted by atomic mass is 9.89. The quantitative estimate of drug-likeness (QED) is 0.198. The maximum absolute atomic E-state index is 13.5. The monoisotopic (exact) mass is 613 g/mol. The maximum atomic E-state index is 13.5. The second-order valence-corrected chi connectivity index (χ2v) is 17.9. The SMILES string of the molecule is CC(C)(C)OC(=O)N[C@H](Cc1ccc(C(F)(F)F)cc1)[C@@H](C[C@H](Cc1ccc(F)cc1)C(=O)O)O[Si](C)(C)C(C)(C)C. The van der Waals surface area contributed by atoms with Crippen LogP contribution in [0.1, 0.15) is 64.7 Å². The standard InChI is InChI=1S/C31H43F4NO5Si/c1-29(2,3)40-28(39)36-25(18-21-9-13-23(14-10-21)31(33,34)35)26(41-42(7,8)30(4,5)6)19-22(27(37)38)17-20-11-15-24(32)16-12-20/h9-16,22,25-26H,17-19H2,1-8H3,(H,36,39)(H,37,38)/t22-,25+,26+/m0/s1. The second-order valence-electron chi connectivity index (χ2n) is 13.2. The molecule has 0 bridgehead atoms. The minimum absolute atomic E-state index is 0.0136. The number of carbonyl (C=O) groups excluding carboxylic acids is 1. The summed E-state index contributed by atoms with van der Waals surface area (Å²) in [5.74, 6) is -2.49. The molecule has 0 unspecified atom stereocenters. The molecule has 0 saturated carbocycles. The van der Waals surface area contributed by atoms with Crippen molar-refractivity contribution in [2.24, 2.45) is 5.92 Å². The minimum atomic E-state index is -4.50. The van der Waals surface area contributed by atoms with Gasteiger partial charge in [0.2, 0.25) is 0 Å². The highest BCUT2D eigenvalue weighted by molar-refractivity contribution is 6.74. The fraction of sp³-hybridized carbons (Fsp3) is 0.548. The predicted molar refractivity (Wildman–Crippen MR) is 156 cm³/mol. The van der Waals surface area contributed by atoms with Gasteiger partial charge in [0.15, 0.2) is 8.32 Å². The van der Waals surface area contributed by atoms with Gasteiger partial charge in [-0.15, -0.1) is 0 Å². The molecule has 11 heteroatoms. The Morgan fingerprint density at radius 1 is 0.881 bits per heavy atom. The Hall–Kier alpha value is -2.92. The number of carboxylic acids is 1. The summed E-state index contributed by atoms with van der Waals surface area (Å²) in [7, 11) is -2.56. The van der Waals surface area contributed by atoms with E-state index in [2.05, 4.69) is 5.32 Å². The van der Waals surface area contributed by atoms with E-state index in [1.54, 1.807) is 20.8 Å². The number of alkyl carbamates (subject to hydrolysis) is 1. The molecular formula is C31H43F4NO5Si. The van der Waals surface area contributed by atoms with Crippen LogP contribution in [-0.2, 0) is 33.0 Å². The number of alkyl halides is 3. The van der Waals surface area contributed by atoms with Crippen molar-refractivity contribution in [1.29, 1.82) is 0 Å². The molecule has 0 fully saturated rings. The highest BCUT2D eigenvalue weighted by Crippen LogP contribution is 2.39. The molecule has 0 aliphatic rings. The Balaban J connectivity index is 2.54. The van der Waals surface area contributed by atoms with Crippen LogP contribution in [0.15, 0.2) is 48.5 Å². The third kappa shape index (κ3) is 11.1.